The van der Waals surface area contributed by atoms with Gasteiger partial charge in [0.1, 0.15) is 16.2 Å². The minimum atomic E-state index is -0.648. The summed E-state index contributed by atoms with van der Waals surface area (Å²) in [5, 5.41) is 2.76. The number of piperidine rings is 1. The van der Waals surface area contributed by atoms with Gasteiger partial charge in [-0.05, 0) is 53.6 Å². The van der Waals surface area contributed by atoms with Gasteiger partial charge in [0.25, 0.3) is 5.91 Å². The Morgan fingerprint density at radius 2 is 2.00 bits per heavy atom. The van der Waals surface area contributed by atoms with Crippen molar-refractivity contribution >= 4 is 23.2 Å². The topological polar surface area (TPSA) is 56.8 Å². The van der Waals surface area contributed by atoms with Crippen LogP contribution < -0.4 is 0 Å². The molecule has 2 fully saturated rings. The average Bonchev–Trinajstić information content (AvgIpc) is 3.16. The van der Waals surface area contributed by atoms with E-state index in [1.807, 2.05) is 48.0 Å². The van der Waals surface area contributed by atoms with Gasteiger partial charge in [-0.25, -0.2) is 4.98 Å². The highest BCUT2D eigenvalue weighted by molar-refractivity contribution is 7.09. The third-order valence-electron chi connectivity index (χ3n) is 5.23. The van der Waals surface area contributed by atoms with E-state index in [0.717, 1.165) is 43.8 Å². The summed E-state index contributed by atoms with van der Waals surface area (Å²) >= 11 is 1.51. The molecule has 0 N–H and O–H groups in total. The SMILES string of the molecule is CC(C)N1CCCC2(CCCN2C(=O)c2csc(CN(C)C)n2)C1=O. The van der Waals surface area contributed by atoms with Crippen LogP contribution in [0.25, 0.3) is 0 Å². The minimum absolute atomic E-state index is 0.0855. The summed E-state index contributed by atoms with van der Waals surface area (Å²) in [5.41, 5.74) is -0.164. The first-order valence-corrected chi connectivity index (χ1v) is 9.95. The summed E-state index contributed by atoms with van der Waals surface area (Å²) in [5.74, 6) is 0.0426. The second-order valence-corrected chi connectivity index (χ2v) is 8.59. The molecule has 138 valence electrons. The zero-order valence-corrected chi connectivity index (χ0v) is 16.4. The van der Waals surface area contributed by atoms with E-state index in [-0.39, 0.29) is 17.9 Å². The van der Waals surface area contributed by atoms with Crippen molar-refractivity contribution in [2.45, 2.75) is 57.7 Å². The van der Waals surface area contributed by atoms with Crippen molar-refractivity contribution in [2.75, 3.05) is 27.2 Å². The molecule has 0 radical (unpaired) electrons. The van der Waals surface area contributed by atoms with E-state index >= 15 is 0 Å². The Kier molecular flexibility index (Phi) is 5.16. The number of nitrogens with zero attached hydrogens (tertiary/aromatic N) is 4. The molecule has 7 heteroatoms. The summed E-state index contributed by atoms with van der Waals surface area (Å²) in [6.45, 7) is 6.27. The Labute approximate surface area is 153 Å². The Morgan fingerprint density at radius 1 is 1.32 bits per heavy atom. The minimum Gasteiger partial charge on any atom is -0.338 e. The van der Waals surface area contributed by atoms with Crippen molar-refractivity contribution in [2.24, 2.45) is 0 Å². The molecule has 2 aliphatic rings. The van der Waals surface area contributed by atoms with Gasteiger partial charge < -0.3 is 14.7 Å². The lowest BCUT2D eigenvalue weighted by atomic mass is 9.84. The molecule has 1 atom stereocenters. The first kappa shape index (κ1) is 18.3. The summed E-state index contributed by atoms with van der Waals surface area (Å²) in [7, 11) is 3.97. The molecular formula is C18H28N4O2S. The van der Waals surface area contributed by atoms with E-state index < -0.39 is 5.54 Å². The summed E-state index contributed by atoms with van der Waals surface area (Å²) in [4.78, 5) is 36.6. The highest BCUT2D eigenvalue weighted by Crippen LogP contribution is 2.39. The van der Waals surface area contributed by atoms with Crippen LogP contribution in [0.1, 0.15) is 55.0 Å². The van der Waals surface area contributed by atoms with Gasteiger partial charge in [-0.3, -0.25) is 9.59 Å². The quantitative estimate of drug-likeness (QED) is 0.822. The van der Waals surface area contributed by atoms with Gasteiger partial charge in [0.05, 0.1) is 0 Å². The van der Waals surface area contributed by atoms with Crippen LogP contribution in [0.3, 0.4) is 0 Å². The number of hydrogen-bond acceptors (Lipinski definition) is 5. The molecule has 0 aromatic carbocycles. The predicted octanol–water partition coefficient (Wildman–Crippen LogP) is 2.21. The fourth-order valence-electron chi connectivity index (χ4n) is 4.06. The molecule has 1 aromatic heterocycles. The van der Waals surface area contributed by atoms with Crippen molar-refractivity contribution in [3.05, 3.63) is 16.1 Å². The summed E-state index contributed by atoms with van der Waals surface area (Å²) < 4.78 is 0. The fourth-order valence-corrected chi connectivity index (χ4v) is 4.94. The smallest absolute Gasteiger partial charge is 0.274 e. The maximum atomic E-state index is 13.2. The third kappa shape index (κ3) is 3.31. The monoisotopic (exact) mass is 364 g/mol. The molecule has 6 nitrogen and oxygen atoms in total. The standard InChI is InChI=1S/C18H28N4O2S/c1-13(2)21-9-5-7-18(17(21)24)8-6-10-22(18)16(23)14-12-25-15(19-14)11-20(3)4/h12-13H,5-11H2,1-4H3. The fraction of sp³-hybridized carbons (Fsp3) is 0.722. The number of carbonyl (C=O) groups is 2. The van der Waals surface area contributed by atoms with Gasteiger partial charge in [0, 0.05) is 31.1 Å². The molecular weight excluding hydrogens is 336 g/mol. The average molecular weight is 365 g/mol. The van der Waals surface area contributed by atoms with Crippen LogP contribution in [-0.4, -0.2) is 70.3 Å². The molecule has 1 unspecified atom stereocenters. The van der Waals surface area contributed by atoms with Gasteiger partial charge in [-0.2, -0.15) is 0 Å². The lowest BCUT2D eigenvalue weighted by Crippen LogP contribution is -2.62. The number of hydrogen-bond donors (Lipinski definition) is 0. The molecule has 3 heterocycles. The van der Waals surface area contributed by atoms with Gasteiger partial charge in [0.2, 0.25) is 5.91 Å². The van der Waals surface area contributed by atoms with E-state index in [4.69, 9.17) is 0 Å². The van der Waals surface area contributed by atoms with Gasteiger partial charge in [0.15, 0.2) is 0 Å². The Bertz CT molecular complexity index is 657. The van der Waals surface area contributed by atoms with E-state index in [1.165, 1.54) is 11.3 Å². The van der Waals surface area contributed by atoms with E-state index in [2.05, 4.69) is 4.98 Å². The molecule has 0 saturated carbocycles. The van der Waals surface area contributed by atoms with Crippen LogP contribution in [0.5, 0.6) is 0 Å². The second kappa shape index (κ2) is 7.03. The number of amides is 2. The van der Waals surface area contributed by atoms with E-state index in [0.29, 0.717) is 12.2 Å². The van der Waals surface area contributed by atoms with Crippen molar-refractivity contribution in [3.63, 3.8) is 0 Å². The predicted molar refractivity (Wildman–Crippen MR) is 98.6 cm³/mol. The van der Waals surface area contributed by atoms with Gasteiger partial charge in [-0.1, -0.05) is 0 Å². The Balaban J connectivity index is 1.84. The largest absolute Gasteiger partial charge is 0.338 e. The lowest BCUT2D eigenvalue weighted by Gasteiger charge is -2.45. The molecule has 25 heavy (non-hydrogen) atoms. The molecule has 2 saturated heterocycles. The van der Waals surface area contributed by atoms with Crippen molar-refractivity contribution in [3.8, 4) is 0 Å². The maximum absolute atomic E-state index is 13.2. The zero-order chi connectivity index (χ0) is 18.2. The van der Waals surface area contributed by atoms with E-state index in [9.17, 15) is 9.59 Å². The molecule has 2 aliphatic heterocycles. The van der Waals surface area contributed by atoms with Crippen molar-refractivity contribution < 1.29 is 9.59 Å². The second-order valence-electron chi connectivity index (χ2n) is 7.65. The van der Waals surface area contributed by atoms with Crippen LogP contribution >= 0.6 is 11.3 Å². The lowest BCUT2D eigenvalue weighted by molar-refractivity contribution is -0.147. The highest BCUT2D eigenvalue weighted by Gasteiger charge is 2.53. The number of rotatable bonds is 4. The Hall–Kier alpha value is -1.47. The Morgan fingerprint density at radius 3 is 2.64 bits per heavy atom. The number of aromatic nitrogens is 1. The maximum Gasteiger partial charge on any atom is 0.274 e. The molecule has 2 amide bonds. The number of likely N-dealkylation sites (tertiary alicyclic amines) is 2. The van der Waals surface area contributed by atoms with Crippen LogP contribution in [0, 0.1) is 0 Å². The molecule has 3 rings (SSSR count). The highest BCUT2D eigenvalue weighted by atomic mass is 32.1. The van der Waals surface area contributed by atoms with Gasteiger partial charge in [-0.15, -0.1) is 11.3 Å². The van der Waals surface area contributed by atoms with Crippen LogP contribution in [-0.2, 0) is 11.3 Å². The van der Waals surface area contributed by atoms with Crippen LogP contribution in [0.4, 0.5) is 0 Å². The number of thiazole rings is 1. The van der Waals surface area contributed by atoms with Crippen molar-refractivity contribution in [1.29, 1.82) is 0 Å². The van der Waals surface area contributed by atoms with Crippen LogP contribution in [0.2, 0.25) is 0 Å². The van der Waals surface area contributed by atoms with Gasteiger partial charge >= 0.3 is 0 Å². The molecule has 1 spiro atoms. The normalized spacial score (nSPS) is 24.2. The first-order valence-electron chi connectivity index (χ1n) is 9.07. The van der Waals surface area contributed by atoms with Crippen LogP contribution in [0.15, 0.2) is 5.38 Å². The molecule has 1 aromatic rings. The summed E-state index contributed by atoms with van der Waals surface area (Å²) in [6.07, 6.45) is 3.39. The first-order chi connectivity index (χ1) is 11.8. The van der Waals surface area contributed by atoms with E-state index in [1.54, 1.807) is 0 Å². The van der Waals surface area contributed by atoms with Crippen molar-refractivity contribution in [1.82, 2.24) is 19.7 Å². The molecule has 0 aliphatic carbocycles. The third-order valence-corrected chi connectivity index (χ3v) is 6.06. The molecule has 0 bridgehead atoms. The number of carbonyl (C=O) groups excluding carboxylic acids is 2. The zero-order valence-electron chi connectivity index (χ0n) is 15.6. The summed E-state index contributed by atoms with van der Waals surface area (Å²) in [6, 6.07) is 0.174.